The summed E-state index contributed by atoms with van der Waals surface area (Å²) in [6.45, 7) is -1.86. The zero-order chi connectivity index (χ0) is 19.8. The molecule has 0 unspecified atom stereocenters. The molecule has 11 heteroatoms. The fraction of sp³-hybridized carbons (Fsp3) is 0.562. The molecule has 27 heavy (non-hydrogen) atoms. The van der Waals surface area contributed by atoms with Crippen LogP contribution in [-0.2, 0) is 4.65 Å². The first-order valence-corrected chi connectivity index (χ1v) is 8.46. The van der Waals surface area contributed by atoms with E-state index in [4.69, 9.17) is 14.5 Å². The van der Waals surface area contributed by atoms with Crippen molar-refractivity contribution in [2.45, 2.75) is 25.2 Å². The van der Waals surface area contributed by atoms with Gasteiger partial charge in [0.15, 0.2) is 0 Å². The van der Waals surface area contributed by atoms with Gasteiger partial charge in [0, 0.05) is 26.1 Å². The van der Waals surface area contributed by atoms with Crippen LogP contribution < -0.4 is 25.6 Å². The molecule has 7 nitrogen and oxygen atoms in total. The monoisotopic (exact) mass is 390 g/mol. The van der Waals surface area contributed by atoms with Gasteiger partial charge in [0.05, 0.1) is 19.8 Å². The third-order valence-corrected chi connectivity index (χ3v) is 3.80. The van der Waals surface area contributed by atoms with E-state index in [1.165, 1.54) is 19.2 Å². The number of alkyl halides is 3. The lowest BCUT2D eigenvalue weighted by molar-refractivity contribution is -0.0502. The number of hydrogen-bond donors (Lipinski definition) is 3. The van der Waals surface area contributed by atoms with Crippen LogP contribution in [0.4, 0.5) is 13.2 Å². The summed E-state index contributed by atoms with van der Waals surface area (Å²) < 4.78 is 53.6. The maximum Gasteiger partial charge on any atom is 0.387 e. The van der Waals surface area contributed by atoms with Crippen molar-refractivity contribution >= 4 is 18.9 Å². The largest absolute Gasteiger partial charge is 0.496 e. The Balaban J connectivity index is 2.11. The molecule has 150 valence electrons. The third kappa shape index (κ3) is 6.60. The minimum atomic E-state index is -3.14. The van der Waals surface area contributed by atoms with Crippen LogP contribution in [0.2, 0.25) is 0 Å². The van der Waals surface area contributed by atoms with Crippen LogP contribution in [-0.4, -0.2) is 70.7 Å². The van der Waals surface area contributed by atoms with Crippen LogP contribution in [0.3, 0.4) is 0 Å². The van der Waals surface area contributed by atoms with Crippen LogP contribution in [0.1, 0.15) is 16.8 Å². The Morgan fingerprint density at radius 2 is 2.07 bits per heavy atom. The quantitative estimate of drug-likeness (QED) is 0.336. The summed E-state index contributed by atoms with van der Waals surface area (Å²) in [5, 5.41) is 14.0. The molecule has 1 aromatic rings. The third-order valence-electron chi connectivity index (χ3n) is 3.80. The molecule has 0 spiro atoms. The molecule has 1 amide bonds. The molecule has 1 aliphatic carbocycles. The number of carbonyl (C=O) groups is 1. The van der Waals surface area contributed by atoms with Gasteiger partial charge in [-0.05, 0) is 17.6 Å². The fourth-order valence-corrected chi connectivity index (χ4v) is 2.39. The smallest absolute Gasteiger partial charge is 0.387 e. The molecule has 2 rings (SSSR count). The number of ether oxygens (including phenoxy) is 2. The maximum atomic E-state index is 13.0. The average Bonchev–Trinajstić information content (AvgIpc) is 3.31. The second-order valence-electron chi connectivity index (χ2n) is 5.91. The van der Waals surface area contributed by atoms with Crippen LogP contribution in [0.15, 0.2) is 12.1 Å². The lowest BCUT2D eigenvalue weighted by atomic mass is 9.86. The van der Waals surface area contributed by atoms with Crippen molar-refractivity contribution < 1.29 is 37.2 Å². The van der Waals surface area contributed by atoms with Crippen molar-refractivity contribution in [1.29, 1.82) is 0 Å². The Labute approximate surface area is 155 Å². The van der Waals surface area contributed by atoms with Gasteiger partial charge in [0.1, 0.15) is 23.2 Å². The number of nitrogens with one attached hydrogen (secondary N) is 2. The van der Waals surface area contributed by atoms with Gasteiger partial charge in [-0.2, -0.15) is 8.78 Å². The molecule has 3 N–H and O–H groups in total. The zero-order valence-electron chi connectivity index (χ0n) is 14.8. The van der Waals surface area contributed by atoms with E-state index in [2.05, 4.69) is 15.4 Å². The van der Waals surface area contributed by atoms with Crippen LogP contribution in [0.5, 0.6) is 11.5 Å². The second-order valence-corrected chi connectivity index (χ2v) is 5.91. The van der Waals surface area contributed by atoms with Crippen molar-refractivity contribution in [2.75, 3.05) is 33.4 Å². The van der Waals surface area contributed by atoms with Gasteiger partial charge >= 0.3 is 14.1 Å². The Hall–Kier alpha value is -1.98. The van der Waals surface area contributed by atoms with E-state index >= 15 is 0 Å². The standard InChI is InChI=1S/C16H22BF3N2O5/c1-25-12-6-9(17-26-5-3-21-2-4-23)7-13(27-16(19)20)14(12)15(24)22-11-8-10(11)18/h6-7,10-11,16-17,21,23H,2-5,8H2,1H3,(H,22,24)/t10-,11+/m0/s1. The highest BCUT2D eigenvalue weighted by atomic mass is 19.3. The van der Waals surface area contributed by atoms with Gasteiger partial charge in [-0.15, -0.1) is 0 Å². The molecule has 0 bridgehead atoms. The molecule has 0 aliphatic heterocycles. The van der Waals surface area contributed by atoms with Crippen molar-refractivity contribution in [3.63, 3.8) is 0 Å². The molecule has 1 aromatic carbocycles. The molecule has 0 heterocycles. The molecule has 1 aliphatic rings. The predicted molar refractivity (Wildman–Crippen MR) is 93.1 cm³/mol. The van der Waals surface area contributed by atoms with Crippen LogP contribution >= 0.6 is 0 Å². The molecule has 0 saturated heterocycles. The maximum absolute atomic E-state index is 13.0. The molecule has 2 atom stereocenters. The number of benzene rings is 1. The number of aliphatic hydroxyl groups excluding tert-OH is 1. The van der Waals surface area contributed by atoms with Gasteiger partial charge in [-0.3, -0.25) is 4.79 Å². The highest BCUT2D eigenvalue weighted by Gasteiger charge is 2.39. The Bertz CT molecular complexity index is 638. The first-order valence-electron chi connectivity index (χ1n) is 8.46. The van der Waals surface area contributed by atoms with Gasteiger partial charge in [-0.25, -0.2) is 4.39 Å². The molecule has 1 fully saturated rings. The summed E-state index contributed by atoms with van der Waals surface area (Å²) in [6, 6.07) is 2.12. The van der Waals surface area contributed by atoms with E-state index in [9.17, 15) is 18.0 Å². The number of hydrogen-bond acceptors (Lipinski definition) is 6. The van der Waals surface area contributed by atoms with E-state index in [1.807, 2.05) is 0 Å². The van der Waals surface area contributed by atoms with Crippen molar-refractivity contribution in [1.82, 2.24) is 10.6 Å². The lowest BCUT2D eigenvalue weighted by Gasteiger charge is -2.16. The van der Waals surface area contributed by atoms with Crippen LogP contribution in [0, 0.1) is 0 Å². The Kier molecular flexibility index (Phi) is 8.20. The van der Waals surface area contributed by atoms with Crippen molar-refractivity contribution in [2.24, 2.45) is 0 Å². The molecular formula is C16H22BF3N2O5. The molecule has 1 saturated carbocycles. The molecule has 0 aromatic heterocycles. The summed E-state index contributed by atoms with van der Waals surface area (Å²) in [7, 11) is 1.37. The second kappa shape index (κ2) is 10.4. The van der Waals surface area contributed by atoms with Gasteiger partial charge in [0.2, 0.25) is 0 Å². The lowest BCUT2D eigenvalue weighted by Crippen LogP contribution is -2.30. The first kappa shape index (κ1) is 21.3. The number of carbonyl (C=O) groups excluding carboxylic acids is 1. The predicted octanol–water partition coefficient (Wildman–Crippen LogP) is -0.288. The van der Waals surface area contributed by atoms with Crippen molar-refractivity contribution in [3.05, 3.63) is 17.7 Å². The van der Waals surface area contributed by atoms with Gasteiger partial charge in [0.25, 0.3) is 5.91 Å². The van der Waals surface area contributed by atoms with Crippen LogP contribution in [0.25, 0.3) is 0 Å². The minimum Gasteiger partial charge on any atom is -0.496 e. The normalized spacial score (nSPS) is 18.3. The number of amides is 1. The number of halogens is 3. The summed E-state index contributed by atoms with van der Waals surface area (Å²) in [4.78, 5) is 12.4. The summed E-state index contributed by atoms with van der Waals surface area (Å²) >= 11 is 0. The topological polar surface area (TPSA) is 89.1 Å². The Morgan fingerprint density at radius 3 is 2.67 bits per heavy atom. The first-order chi connectivity index (χ1) is 13.0. The van der Waals surface area contributed by atoms with E-state index in [1.54, 1.807) is 0 Å². The van der Waals surface area contributed by atoms with E-state index < -0.39 is 24.7 Å². The zero-order valence-corrected chi connectivity index (χ0v) is 14.8. The van der Waals surface area contributed by atoms with Crippen molar-refractivity contribution in [3.8, 4) is 11.5 Å². The number of methoxy groups -OCH3 is 1. The summed E-state index contributed by atoms with van der Waals surface area (Å²) in [5.74, 6) is -1.08. The Morgan fingerprint density at radius 1 is 1.37 bits per heavy atom. The molecule has 0 radical (unpaired) electrons. The summed E-state index contributed by atoms with van der Waals surface area (Å²) in [6.07, 6.45) is -0.943. The van der Waals surface area contributed by atoms with Gasteiger partial charge < -0.3 is 29.9 Å². The SMILES string of the molecule is COc1cc(BOCCNCCO)cc(OC(F)F)c1C(=O)N[C@@H]1C[C@@H]1F. The van der Waals surface area contributed by atoms with Gasteiger partial charge in [-0.1, -0.05) is 0 Å². The van der Waals surface area contributed by atoms with E-state index in [0.29, 0.717) is 25.2 Å². The highest BCUT2D eigenvalue weighted by Crippen LogP contribution is 2.31. The molecular weight excluding hydrogens is 368 g/mol. The highest BCUT2D eigenvalue weighted by molar-refractivity contribution is 6.47. The summed E-state index contributed by atoms with van der Waals surface area (Å²) in [5.41, 5.74) is 0.251. The van der Waals surface area contributed by atoms with E-state index in [0.717, 1.165) is 0 Å². The average molecular weight is 390 g/mol. The number of aliphatic hydroxyl groups is 1. The number of rotatable bonds is 12. The minimum absolute atomic E-state index is 0.0130. The fourth-order valence-electron chi connectivity index (χ4n) is 2.39. The van der Waals surface area contributed by atoms with E-state index in [-0.39, 0.29) is 37.6 Å².